The Balaban J connectivity index is 2.62. The van der Waals surface area contributed by atoms with Crippen LogP contribution in [0.1, 0.15) is 18.6 Å². The molecule has 1 amide bonds. The lowest BCUT2D eigenvalue weighted by Gasteiger charge is -2.19. The first-order chi connectivity index (χ1) is 8.90. The van der Waals surface area contributed by atoms with Gasteiger partial charge in [0.2, 0.25) is 5.91 Å². The topological polar surface area (TPSA) is 86.6 Å². The van der Waals surface area contributed by atoms with E-state index in [1.165, 1.54) is 0 Å². The summed E-state index contributed by atoms with van der Waals surface area (Å²) in [7, 11) is 0. The van der Waals surface area contributed by atoms with Crippen molar-refractivity contribution in [2.45, 2.75) is 19.1 Å². The monoisotopic (exact) mass is 327 g/mol. The SMILES string of the molecule is CC(NC(=O)C=CC(=O)O)C(O)c1ccc(Br)cc1. The van der Waals surface area contributed by atoms with Crippen LogP contribution in [0, 0.1) is 0 Å². The molecule has 102 valence electrons. The fourth-order valence-corrected chi connectivity index (χ4v) is 1.71. The van der Waals surface area contributed by atoms with Gasteiger partial charge in [-0.3, -0.25) is 4.79 Å². The number of aliphatic carboxylic acids is 1. The highest BCUT2D eigenvalue weighted by Crippen LogP contribution is 2.19. The van der Waals surface area contributed by atoms with E-state index in [0.717, 1.165) is 16.6 Å². The summed E-state index contributed by atoms with van der Waals surface area (Å²) in [5, 5.41) is 20.9. The molecule has 0 radical (unpaired) electrons. The van der Waals surface area contributed by atoms with E-state index in [9.17, 15) is 14.7 Å². The molecule has 19 heavy (non-hydrogen) atoms. The average molecular weight is 328 g/mol. The molecule has 1 aromatic carbocycles. The van der Waals surface area contributed by atoms with Crippen LogP contribution in [0.2, 0.25) is 0 Å². The molecule has 1 rings (SSSR count). The summed E-state index contributed by atoms with van der Waals surface area (Å²) in [6, 6.07) is 6.52. The molecule has 2 unspecified atom stereocenters. The second-order valence-electron chi connectivity index (χ2n) is 3.97. The minimum Gasteiger partial charge on any atom is -0.478 e. The maximum atomic E-state index is 11.4. The van der Waals surface area contributed by atoms with Gasteiger partial charge >= 0.3 is 5.97 Å². The minimum atomic E-state index is -1.20. The summed E-state index contributed by atoms with van der Waals surface area (Å²) >= 11 is 3.29. The van der Waals surface area contributed by atoms with Crippen LogP contribution in [0.15, 0.2) is 40.9 Å². The summed E-state index contributed by atoms with van der Waals surface area (Å²) in [6.45, 7) is 1.64. The van der Waals surface area contributed by atoms with Gasteiger partial charge in [0.15, 0.2) is 0 Å². The number of rotatable bonds is 5. The van der Waals surface area contributed by atoms with Gasteiger partial charge in [0.05, 0.1) is 12.1 Å². The van der Waals surface area contributed by atoms with Gasteiger partial charge in [-0.05, 0) is 24.6 Å². The molecule has 6 heteroatoms. The molecule has 0 fully saturated rings. The Bertz CT molecular complexity index is 484. The smallest absolute Gasteiger partial charge is 0.328 e. The average Bonchev–Trinajstić information content (AvgIpc) is 2.36. The van der Waals surface area contributed by atoms with Crippen molar-refractivity contribution in [3.8, 4) is 0 Å². The number of carbonyl (C=O) groups is 2. The number of carboxylic acids is 1. The predicted octanol–water partition coefficient (Wildman–Crippen LogP) is 1.63. The lowest BCUT2D eigenvalue weighted by atomic mass is 10.0. The Labute approximate surface area is 119 Å². The first-order valence-corrected chi connectivity index (χ1v) is 6.34. The van der Waals surface area contributed by atoms with Gasteiger partial charge in [-0.15, -0.1) is 0 Å². The van der Waals surface area contributed by atoms with Crippen molar-refractivity contribution in [2.75, 3.05) is 0 Å². The largest absolute Gasteiger partial charge is 0.478 e. The van der Waals surface area contributed by atoms with Gasteiger partial charge in [0.25, 0.3) is 0 Å². The lowest BCUT2D eigenvalue weighted by Crippen LogP contribution is -2.36. The first-order valence-electron chi connectivity index (χ1n) is 5.55. The molecule has 0 aromatic heterocycles. The fraction of sp³-hybridized carbons (Fsp3) is 0.231. The molecule has 0 saturated carbocycles. The van der Waals surface area contributed by atoms with E-state index in [2.05, 4.69) is 21.2 Å². The van der Waals surface area contributed by atoms with E-state index in [1.807, 2.05) is 0 Å². The van der Waals surface area contributed by atoms with Crippen molar-refractivity contribution in [1.29, 1.82) is 0 Å². The number of amides is 1. The molecule has 0 aliphatic carbocycles. The summed E-state index contributed by atoms with van der Waals surface area (Å²) in [4.78, 5) is 21.6. The van der Waals surface area contributed by atoms with E-state index >= 15 is 0 Å². The number of halogens is 1. The number of hydrogen-bond donors (Lipinski definition) is 3. The van der Waals surface area contributed by atoms with E-state index in [4.69, 9.17) is 5.11 Å². The molecule has 0 spiro atoms. The first kappa shape index (κ1) is 15.4. The fourth-order valence-electron chi connectivity index (χ4n) is 1.45. The summed E-state index contributed by atoms with van der Waals surface area (Å²) in [5.41, 5.74) is 0.665. The zero-order chi connectivity index (χ0) is 14.4. The van der Waals surface area contributed by atoms with E-state index in [0.29, 0.717) is 5.56 Å². The Kier molecular flexibility index (Phi) is 5.72. The highest BCUT2D eigenvalue weighted by atomic mass is 79.9. The molecular formula is C13H14BrNO4. The van der Waals surface area contributed by atoms with Crippen LogP contribution < -0.4 is 5.32 Å². The molecule has 0 aliphatic heterocycles. The van der Waals surface area contributed by atoms with Crippen LogP contribution in [0.4, 0.5) is 0 Å². The van der Waals surface area contributed by atoms with Gasteiger partial charge < -0.3 is 15.5 Å². The predicted molar refractivity (Wildman–Crippen MR) is 73.5 cm³/mol. The maximum absolute atomic E-state index is 11.4. The third kappa shape index (κ3) is 5.23. The van der Waals surface area contributed by atoms with Crippen molar-refractivity contribution in [1.82, 2.24) is 5.32 Å². The zero-order valence-electron chi connectivity index (χ0n) is 10.2. The Hall–Kier alpha value is -1.66. The Morgan fingerprint density at radius 1 is 1.26 bits per heavy atom. The standard InChI is InChI=1S/C13H14BrNO4/c1-8(15-11(16)6-7-12(17)18)13(19)9-2-4-10(14)5-3-9/h2-8,13,19H,1H3,(H,15,16)(H,17,18). The highest BCUT2D eigenvalue weighted by molar-refractivity contribution is 9.10. The molecule has 0 aliphatic rings. The van der Waals surface area contributed by atoms with Gasteiger partial charge in [0, 0.05) is 16.6 Å². The Morgan fingerprint density at radius 2 is 1.84 bits per heavy atom. The van der Waals surface area contributed by atoms with Crippen LogP contribution >= 0.6 is 15.9 Å². The number of aliphatic hydroxyl groups is 1. The molecule has 0 heterocycles. The number of carboxylic acid groups (broad SMARTS) is 1. The van der Waals surface area contributed by atoms with Crippen LogP contribution in [-0.2, 0) is 9.59 Å². The molecule has 0 bridgehead atoms. The van der Waals surface area contributed by atoms with E-state index in [1.54, 1.807) is 31.2 Å². The molecular weight excluding hydrogens is 314 g/mol. The molecule has 3 N–H and O–H groups in total. The Morgan fingerprint density at radius 3 is 2.37 bits per heavy atom. The normalized spacial score (nSPS) is 14.1. The summed E-state index contributed by atoms with van der Waals surface area (Å²) < 4.78 is 0.893. The van der Waals surface area contributed by atoms with Gasteiger partial charge in [-0.2, -0.15) is 0 Å². The number of hydrogen-bond acceptors (Lipinski definition) is 3. The number of nitrogens with one attached hydrogen (secondary N) is 1. The van der Waals surface area contributed by atoms with Gasteiger partial charge in [0.1, 0.15) is 0 Å². The quantitative estimate of drug-likeness (QED) is 0.717. The number of carbonyl (C=O) groups excluding carboxylic acids is 1. The van der Waals surface area contributed by atoms with Crippen LogP contribution in [0.25, 0.3) is 0 Å². The minimum absolute atomic E-state index is 0.535. The number of benzene rings is 1. The van der Waals surface area contributed by atoms with Gasteiger partial charge in [-0.1, -0.05) is 28.1 Å². The van der Waals surface area contributed by atoms with Crippen LogP contribution in [0.3, 0.4) is 0 Å². The second kappa shape index (κ2) is 7.06. The molecule has 2 atom stereocenters. The zero-order valence-corrected chi connectivity index (χ0v) is 11.8. The van der Waals surface area contributed by atoms with Crippen molar-refractivity contribution in [2.24, 2.45) is 0 Å². The number of aliphatic hydroxyl groups excluding tert-OH is 1. The summed E-state index contributed by atoms with van der Waals surface area (Å²) in [6.07, 6.45) is 0.788. The van der Waals surface area contributed by atoms with Crippen molar-refractivity contribution in [3.05, 3.63) is 46.5 Å². The van der Waals surface area contributed by atoms with Crippen molar-refractivity contribution < 1.29 is 19.8 Å². The van der Waals surface area contributed by atoms with Crippen LogP contribution in [0.5, 0.6) is 0 Å². The maximum Gasteiger partial charge on any atom is 0.328 e. The van der Waals surface area contributed by atoms with E-state index < -0.39 is 24.0 Å². The summed E-state index contributed by atoms with van der Waals surface area (Å²) in [5.74, 6) is -1.76. The molecule has 5 nitrogen and oxygen atoms in total. The van der Waals surface area contributed by atoms with Crippen molar-refractivity contribution >= 4 is 27.8 Å². The van der Waals surface area contributed by atoms with Crippen molar-refractivity contribution in [3.63, 3.8) is 0 Å². The second-order valence-corrected chi connectivity index (χ2v) is 4.88. The van der Waals surface area contributed by atoms with Crippen LogP contribution in [-0.4, -0.2) is 28.1 Å². The third-order valence-corrected chi connectivity index (χ3v) is 2.96. The van der Waals surface area contributed by atoms with Gasteiger partial charge in [-0.25, -0.2) is 4.79 Å². The third-order valence-electron chi connectivity index (χ3n) is 2.43. The van der Waals surface area contributed by atoms with E-state index in [-0.39, 0.29) is 0 Å². The molecule has 0 saturated heterocycles. The highest BCUT2D eigenvalue weighted by Gasteiger charge is 2.17. The lowest BCUT2D eigenvalue weighted by molar-refractivity contribution is -0.131. The molecule has 1 aromatic rings.